The molecule has 0 aromatic rings. The fraction of sp³-hybridized carbons (Fsp3) is 0.385. The number of allylic oxidation sites excluding steroid dienone is 8. The van der Waals surface area contributed by atoms with Crippen molar-refractivity contribution in [3.8, 4) is 0 Å². The Balaban J connectivity index is 1.98. The zero-order valence-corrected chi connectivity index (χ0v) is 7.79. The van der Waals surface area contributed by atoms with Crippen LogP contribution < -0.4 is 0 Å². The highest BCUT2D eigenvalue weighted by atomic mass is 14.3. The van der Waals surface area contributed by atoms with Gasteiger partial charge in [-0.2, -0.15) is 0 Å². The summed E-state index contributed by atoms with van der Waals surface area (Å²) >= 11 is 0. The van der Waals surface area contributed by atoms with Crippen LogP contribution >= 0.6 is 0 Å². The summed E-state index contributed by atoms with van der Waals surface area (Å²) in [5.41, 5.74) is 4.86. The molecule has 0 spiro atoms. The van der Waals surface area contributed by atoms with E-state index in [4.69, 9.17) is 0 Å². The topological polar surface area (TPSA) is 0 Å². The molecule has 1 unspecified atom stereocenters. The third-order valence-corrected chi connectivity index (χ3v) is 3.36. The van der Waals surface area contributed by atoms with Crippen molar-refractivity contribution >= 4 is 0 Å². The average Bonchev–Trinajstić information content (AvgIpc) is 2.61. The molecule has 0 N–H and O–H groups in total. The van der Waals surface area contributed by atoms with Gasteiger partial charge in [-0.05, 0) is 42.7 Å². The molecule has 0 aromatic heterocycles. The van der Waals surface area contributed by atoms with Gasteiger partial charge in [0.15, 0.2) is 0 Å². The lowest BCUT2D eigenvalue weighted by Crippen LogP contribution is -2.11. The summed E-state index contributed by atoms with van der Waals surface area (Å²) in [7, 11) is 0. The first-order valence-electron chi connectivity index (χ1n) is 5.17. The van der Waals surface area contributed by atoms with E-state index in [2.05, 4.69) is 30.4 Å². The molecule has 0 amide bonds. The summed E-state index contributed by atoms with van der Waals surface area (Å²) < 4.78 is 0. The zero-order valence-electron chi connectivity index (χ0n) is 7.79. The Hall–Kier alpha value is -1.04. The Labute approximate surface area is 79.3 Å². The SMILES string of the molecule is C1=CCC2CC3=C(C=C2C1)CC=C3. The highest BCUT2D eigenvalue weighted by Gasteiger charge is 2.23. The Morgan fingerprint density at radius 3 is 3.00 bits per heavy atom. The summed E-state index contributed by atoms with van der Waals surface area (Å²) in [5.74, 6) is 0.825. The monoisotopic (exact) mass is 170 g/mol. The van der Waals surface area contributed by atoms with Crippen molar-refractivity contribution in [2.45, 2.75) is 25.7 Å². The summed E-state index contributed by atoms with van der Waals surface area (Å²) in [6, 6.07) is 0. The summed E-state index contributed by atoms with van der Waals surface area (Å²) in [6.45, 7) is 0. The second-order valence-electron chi connectivity index (χ2n) is 4.19. The molecule has 0 bridgehead atoms. The summed E-state index contributed by atoms with van der Waals surface area (Å²) in [6.07, 6.45) is 16.7. The van der Waals surface area contributed by atoms with Crippen molar-refractivity contribution in [1.29, 1.82) is 0 Å². The molecule has 0 saturated carbocycles. The maximum Gasteiger partial charge on any atom is -0.00915 e. The molecule has 3 aliphatic rings. The minimum absolute atomic E-state index is 0.825. The fourth-order valence-electron chi connectivity index (χ4n) is 2.60. The van der Waals surface area contributed by atoms with Gasteiger partial charge in [0.05, 0.1) is 0 Å². The molecule has 3 aliphatic carbocycles. The third-order valence-electron chi connectivity index (χ3n) is 3.36. The van der Waals surface area contributed by atoms with Crippen molar-refractivity contribution in [3.05, 3.63) is 47.1 Å². The van der Waals surface area contributed by atoms with E-state index in [-0.39, 0.29) is 0 Å². The minimum Gasteiger partial charge on any atom is -0.0876 e. The van der Waals surface area contributed by atoms with Gasteiger partial charge in [0.1, 0.15) is 0 Å². The number of fused-ring (bicyclic) bond motifs is 1. The van der Waals surface area contributed by atoms with Gasteiger partial charge in [-0.1, -0.05) is 36.0 Å². The smallest absolute Gasteiger partial charge is 0.00915 e. The molecule has 0 heterocycles. The third kappa shape index (κ3) is 1.13. The van der Waals surface area contributed by atoms with Crippen LogP contribution in [0.25, 0.3) is 0 Å². The van der Waals surface area contributed by atoms with Gasteiger partial charge < -0.3 is 0 Å². The van der Waals surface area contributed by atoms with Crippen molar-refractivity contribution in [1.82, 2.24) is 0 Å². The van der Waals surface area contributed by atoms with Crippen LogP contribution in [0.2, 0.25) is 0 Å². The van der Waals surface area contributed by atoms with Crippen LogP contribution in [0.4, 0.5) is 0 Å². The van der Waals surface area contributed by atoms with Crippen LogP contribution in [-0.4, -0.2) is 0 Å². The van der Waals surface area contributed by atoms with Gasteiger partial charge in [-0.3, -0.25) is 0 Å². The molecular weight excluding hydrogens is 156 g/mol. The first kappa shape index (κ1) is 7.37. The highest BCUT2D eigenvalue weighted by molar-refractivity contribution is 5.46. The first-order valence-corrected chi connectivity index (χ1v) is 5.17. The van der Waals surface area contributed by atoms with Crippen molar-refractivity contribution in [2.24, 2.45) is 5.92 Å². The molecule has 3 rings (SSSR count). The van der Waals surface area contributed by atoms with E-state index in [1.165, 1.54) is 25.7 Å². The average molecular weight is 170 g/mol. The molecule has 0 aromatic carbocycles. The molecule has 1 atom stereocenters. The van der Waals surface area contributed by atoms with E-state index >= 15 is 0 Å². The van der Waals surface area contributed by atoms with Gasteiger partial charge in [0.25, 0.3) is 0 Å². The molecule has 0 radical (unpaired) electrons. The van der Waals surface area contributed by atoms with Crippen LogP contribution in [0.1, 0.15) is 25.7 Å². The van der Waals surface area contributed by atoms with E-state index < -0.39 is 0 Å². The quantitative estimate of drug-likeness (QED) is 0.488. The second kappa shape index (κ2) is 2.73. The molecule has 0 fully saturated rings. The second-order valence-corrected chi connectivity index (χ2v) is 4.19. The first-order chi connectivity index (χ1) is 6.43. The van der Waals surface area contributed by atoms with E-state index in [9.17, 15) is 0 Å². The fourth-order valence-corrected chi connectivity index (χ4v) is 2.60. The van der Waals surface area contributed by atoms with Crippen LogP contribution in [0.15, 0.2) is 47.1 Å². The van der Waals surface area contributed by atoms with Crippen LogP contribution in [0.5, 0.6) is 0 Å². The molecular formula is C13H14. The predicted octanol–water partition coefficient (Wildman–Crippen LogP) is 3.54. The van der Waals surface area contributed by atoms with E-state index in [1.54, 1.807) is 16.7 Å². The molecule has 13 heavy (non-hydrogen) atoms. The molecule has 0 aliphatic heterocycles. The Kier molecular flexibility index (Phi) is 1.55. The standard InChI is InChI=1S/C13H14/c1-2-5-11-9-13-7-3-6-12(13)8-10(11)4-1/h1-3,6,9-10H,4-5,7-8H2. The van der Waals surface area contributed by atoms with Crippen molar-refractivity contribution in [3.63, 3.8) is 0 Å². The summed E-state index contributed by atoms with van der Waals surface area (Å²) in [5, 5.41) is 0. The molecule has 0 nitrogen and oxygen atoms in total. The van der Waals surface area contributed by atoms with Gasteiger partial charge in [0.2, 0.25) is 0 Å². The molecule has 0 saturated heterocycles. The summed E-state index contributed by atoms with van der Waals surface area (Å²) in [4.78, 5) is 0. The van der Waals surface area contributed by atoms with E-state index in [0.29, 0.717) is 0 Å². The predicted molar refractivity (Wildman–Crippen MR) is 55.3 cm³/mol. The lowest BCUT2D eigenvalue weighted by molar-refractivity contribution is 0.583. The van der Waals surface area contributed by atoms with E-state index in [1.807, 2.05) is 0 Å². The Morgan fingerprint density at radius 2 is 2.00 bits per heavy atom. The van der Waals surface area contributed by atoms with Gasteiger partial charge in [-0.25, -0.2) is 0 Å². The number of rotatable bonds is 0. The lowest BCUT2D eigenvalue weighted by Gasteiger charge is -2.26. The van der Waals surface area contributed by atoms with E-state index in [0.717, 1.165) is 5.92 Å². The van der Waals surface area contributed by atoms with Crippen LogP contribution in [-0.2, 0) is 0 Å². The van der Waals surface area contributed by atoms with Gasteiger partial charge >= 0.3 is 0 Å². The zero-order chi connectivity index (χ0) is 8.67. The molecule has 0 heteroatoms. The number of hydrogen-bond acceptors (Lipinski definition) is 0. The minimum atomic E-state index is 0.825. The van der Waals surface area contributed by atoms with Crippen molar-refractivity contribution < 1.29 is 0 Å². The Morgan fingerprint density at radius 1 is 1.00 bits per heavy atom. The maximum atomic E-state index is 2.45. The normalized spacial score (nSPS) is 30.2. The highest BCUT2D eigenvalue weighted by Crippen LogP contribution is 2.39. The van der Waals surface area contributed by atoms with Crippen LogP contribution in [0, 0.1) is 5.92 Å². The molecule has 66 valence electrons. The van der Waals surface area contributed by atoms with Crippen molar-refractivity contribution in [2.75, 3.05) is 0 Å². The Bertz CT molecular complexity index is 350. The lowest BCUT2D eigenvalue weighted by atomic mass is 9.79. The van der Waals surface area contributed by atoms with Gasteiger partial charge in [0, 0.05) is 0 Å². The number of hydrogen-bond donors (Lipinski definition) is 0. The largest absolute Gasteiger partial charge is 0.0876 e. The van der Waals surface area contributed by atoms with Gasteiger partial charge in [-0.15, -0.1) is 0 Å². The van der Waals surface area contributed by atoms with Crippen LogP contribution in [0.3, 0.4) is 0 Å². The maximum absolute atomic E-state index is 2.45.